The van der Waals surface area contributed by atoms with Crippen LogP contribution in [0.3, 0.4) is 0 Å². The highest BCUT2D eigenvalue weighted by molar-refractivity contribution is 7.92. The Bertz CT molecular complexity index is 714. The van der Waals surface area contributed by atoms with Gasteiger partial charge in [0.05, 0.1) is 5.69 Å². The number of anilines is 2. The minimum atomic E-state index is -4.00. The molecule has 20 heavy (non-hydrogen) atoms. The van der Waals surface area contributed by atoms with Crippen LogP contribution in [0.4, 0.5) is 15.9 Å². The number of hydrogen-bond acceptors (Lipinski definition) is 5. The second-order valence-electron chi connectivity index (χ2n) is 4.03. The molecule has 0 saturated heterocycles. The van der Waals surface area contributed by atoms with Crippen LogP contribution in [-0.2, 0) is 10.0 Å². The highest BCUT2D eigenvalue weighted by Crippen LogP contribution is 2.25. The van der Waals surface area contributed by atoms with Crippen LogP contribution in [0.15, 0.2) is 41.4 Å². The van der Waals surface area contributed by atoms with Gasteiger partial charge in [-0.3, -0.25) is 4.72 Å². The first-order valence-electron chi connectivity index (χ1n) is 5.65. The predicted octanol–water partition coefficient (Wildman–Crippen LogP) is 1.62. The lowest BCUT2D eigenvalue weighted by molar-refractivity contribution is 0.598. The smallest absolute Gasteiger partial charge is 0.265 e. The van der Waals surface area contributed by atoms with Crippen LogP contribution in [0.25, 0.3) is 0 Å². The number of pyridine rings is 1. The molecule has 0 aliphatic carbocycles. The van der Waals surface area contributed by atoms with Crippen molar-refractivity contribution in [1.82, 2.24) is 4.98 Å². The number of nitrogen functional groups attached to an aromatic ring is 1. The third-order valence-electron chi connectivity index (χ3n) is 2.66. The maximum atomic E-state index is 13.7. The maximum absolute atomic E-state index is 13.7. The number of nitrogens with zero attached hydrogens (tertiary/aromatic N) is 1. The van der Waals surface area contributed by atoms with Crippen LogP contribution in [0, 0.1) is 12.7 Å². The second kappa shape index (κ2) is 5.43. The van der Waals surface area contributed by atoms with Gasteiger partial charge in [-0.1, -0.05) is 12.1 Å². The molecule has 0 aliphatic heterocycles. The van der Waals surface area contributed by atoms with Gasteiger partial charge >= 0.3 is 0 Å². The molecule has 1 aromatic carbocycles. The average molecular weight is 296 g/mol. The van der Waals surface area contributed by atoms with Gasteiger partial charge in [0.15, 0.2) is 5.82 Å². The monoisotopic (exact) mass is 296 g/mol. The van der Waals surface area contributed by atoms with Crippen LogP contribution < -0.4 is 16.0 Å². The molecule has 2 aromatic rings. The Morgan fingerprint density at radius 3 is 2.65 bits per heavy atom. The first kappa shape index (κ1) is 14.2. The van der Waals surface area contributed by atoms with E-state index in [1.54, 1.807) is 13.0 Å². The Kier molecular flexibility index (Phi) is 3.86. The van der Waals surface area contributed by atoms with Crippen molar-refractivity contribution in [2.45, 2.75) is 11.8 Å². The summed E-state index contributed by atoms with van der Waals surface area (Å²) in [6.45, 7) is 1.60. The molecule has 8 heteroatoms. The molecule has 0 saturated carbocycles. The number of rotatable bonds is 4. The van der Waals surface area contributed by atoms with E-state index in [0.717, 1.165) is 0 Å². The van der Waals surface area contributed by atoms with E-state index in [1.807, 2.05) is 0 Å². The van der Waals surface area contributed by atoms with Crippen molar-refractivity contribution >= 4 is 21.5 Å². The first-order chi connectivity index (χ1) is 9.45. The molecular formula is C12H13FN4O2S. The molecular weight excluding hydrogens is 283 g/mol. The molecule has 0 atom stereocenters. The van der Waals surface area contributed by atoms with Gasteiger partial charge in [0.25, 0.3) is 10.0 Å². The summed E-state index contributed by atoms with van der Waals surface area (Å²) in [7, 11) is -4.00. The Labute approximate surface area is 115 Å². The van der Waals surface area contributed by atoms with Crippen LogP contribution in [0.2, 0.25) is 0 Å². The number of nitrogens with two attached hydrogens (primary N) is 1. The Balaban J connectivity index is 2.47. The summed E-state index contributed by atoms with van der Waals surface area (Å²) >= 11 is 0. The van der Waals surface area contributed by atoms with Crippen molar-refractivity contribution in [3.8, 4) is 0 Å². The third-order valence-corrected chi connectivity index (χ3v) is 4.04. The number of aromatic nitrogens is 1. The molecule has 106 valence electrons. The van der Waals surface area contributed by atoms with E-state index >= 15 is 0 Å². The Morgan fingerprint density at radius 2 is 2.00 bits per heavy atom. The molecule has 1 aromatic heterocycles. The molecule has 0 radical (unpaired) electrons. The number of para-hydroxylation sites is 1. The number of hydrogen-bond donors (Lipinski definition) is 3. The SMILES string of the molecule is Cc1cccc(F)c1NS(=O)(=O)c1cccnc1NN. The van der Waals surface area contributed by atoms with Gasteiger partial charge in [0, 0.05) is 6.20 Å². The van der Waals surface area contributed by atoms with Crippen molar-refractivity contribution in [2.24, 2.45) is 5.84 Å². The fourth-order valence-corrected chi connectivity index (χ4v) is 2.93. The molecule has 0 aliphatic rings. The predicted molar refractivity (Wildman–Crippen MR) is 74.0 cm³/mol. The molecule has 4 N–H and O–H groups in total. The van der Waals surface area contributed by atoms with Gasteiger partial charge in [-0.05, 0) is 30.7 Å². The Hall–Kier alpha value is -2.19. The van der Waals surface area contributed by atoms with Crippen molar-refractivity contribution < 1.29 is 12.8 Å². The van der Waals surface area contributed by atoms with E-state index in [4.69, 9.17) is 5.84 Å². The van der Waals surface area contributed by atoms with Gasteiger partial charge in [-0.2, -0.15) is 0 Å². The number of aryl methyl sites for hydroxylation is 1. The summed E-state index contributed by atoms with van der Waals surface area (Å²) in [5.41, 5.74) is 2.57. The van der Waals surface area contributed by atoms with Gasteiger partial charge in [0.2, 0.25) is 0 Å². The summed E-state index contributed by atoms with van der Waals surface area (Å²) in [5.74, 6) is 4.55. The quantitative estimate of drug-likeness (QED) is 0.588. The lowest BCUT2D eigenvalue weighted by Gasteiger charge is -2.13. The zero-order valence-electron chi connectivity index (χ0n) is 10.6. The van der Waals surface area contributed by atoms with Gasteiger partial charge < -0.3 is 5.43 Å². The zero-order chi connectivity index (χ0) is 14.8. The summed E-state index contributed by atoms with van der Waals surface area (Å²) in [6.07, 6.45) is 1.39. The first-order valence-corrected chi connectivity index (χ1v) is 7.13. The largest absolute Gasteiger partial charge is 0.307 e. The molecule has 0 spiro atoms. The molecule has 2 rings (SSSR count). The van der Waals surface area contributed by atoms with E-state index in [9.17, 15) is 12.8 Å². The molecule has 0 fully saturated rings. The van der Waals surface area contributed by atoms with E-state index in [1.165, 1.54) is 30.5 Å². The molecule has 0 amide bonds. The van der Waals surface area contributed by atoms with Crippen molar-refractivity contribution in [2.75, 3.05) is 10.1 Å². The molecule has 6 nitrogen and oxygen atoms in total. The van der Waals surface area contributed by atoms with E-state index in [2.05, 4.69) is 15.1 Å². The van der Waals surface area contributed by atoms with Crippen molar-refractivity contribution in [1.29, 1.82) is 0 Å². The van der Waals surface area contributed by atoms with Gasteiger partial charge in [-0.25, -0.2) is 23.6 Å². The van der Waals surface area contributed by atoms with E-state index in [-0.39, 0.29) is 16.4 Å². The minimum absolute atomic E-state index is 0.0195. The second-order valence-corrected chi connectivity index (χ2v) is 5.68. The Morgan fingerprint density at radius 1 is 1.25 bits per heavy atom. The topological polar surface area (TPSA) is 97.1 Å². The molecule has 0 bridgehead atoms. The van der Waals surface area contributed by atoms with Crippen LogP contribution in [0.1, 0.15) is 5.56 Å². The van der Waals surface area contributed by atoms with Crippen molar-refractivity contribution in [3.63, 3.8) is 0 Å². The molecule has 1 heterocycles. The number of hydrazine groups is 1. The summed E-state index contributed by atoms with van der Waals surface area (Å²) in [4.78, 5) is 3.64. The van der Waals surface area contributed by atoms with Gasteiger partial charge in [-0.15, -0.1) is 0 Å². The average Bonchev–Trinajstić information content (AvgIpc) is 2.43. The summed E-state index contributed by atoms with van der Waals surface area (Å²) in [5, 5.41) is 0. The normalized spacial score (nSPS) is 11.2. The molecule has 0 unspecified atom stereocenters. The van der Waals surface area contributed by atoms with E-state index < -0.39 is 15.8 Å². The van der Waals surface area contributed by atoms with Gasteiger partial charge in [0.1, 0.15) is 10.7 Å². The lowest BCUT2D eigenvalue weighted by Crippen LogP contribution is -2.19. The minimum Gasteiger partial charge on any atom is -0.307 e. The fourth-order valence-electron chi connectivity index (χ4n) is 1.67. The summed E-state index contributed by atoms with van der Waals surface area (Å²) in [6, 6.07) is 7.05. The number of halogens is 1. The van der Waals surface area contributed by atoms with Crippen LogP contribution >= 0.6 is 0 Å². The maximum Gasteiger partial charge on any atom is 0.265 e. The van der Waals surface area contributed by atoms with Crippen LogP contribution in [-0.4, -0.2) is 13.4 Å². The third kappa shape index (κ3) is 2.70. The lowest BCUT2D eigenvalue weighted by atomic mass is 10.2. The standard InChI is InChI=1S/C12H13FN4O2S/c1-8-4-2-5-9(13)11(8)17-20(18,19)10-6-3-7-15-12(10)16-14/h2-7,17H,14H2,1H3,(H,15,16). The number of nitrogens with one attached hydrogen (secondary N) is 2. The zero-order valence-corrected chi connectivity index (χ0v) is 11.4. The number of sulfonamides is 1. The fraction of sp³-hybridized carbons (Fsp3) is 0.0833. The van der Waals surface area contributed by atoms with E-state index in [0.29, 0.717) is 5.56 Å². The highest BCUT2D eigenvalue weighted by Gasteiger charge is 2.21. The van der Waals surface area contributed by atoms with Crippen molar-refractivity contribution in [3.05, 3.63) is 47.9 Å². The summed E-state index contributed by atoms with van der Waals surface area (Å²) < 4.78 is 40.4. The van der Waals surface area contributed by atoms with Crippen LogP contribution in [0.5, 0.6) is 0 Å². The number of benzene rings is 1. The highest BCUT2D eigenvalue weighted by atomic mass is 32.2.